The second kappa shape index (κ2) is 6.02. The maximum atomic E-state index is 11.6. The third kappa shape index (κ3) is 3.95. The largest absolute Gasteiger partial charge is 0.480 e. The van der Waals surface area contributed by atoms with Gasteiger partial charge in [-0.3, -0.25) is 10.1 Å². The van der Waals surface area contributed by atoms with Crippen LogP contribution in [0.4, 0.5) is 16.3 Å². The molecule has 2 aromatic rings. The number of aliphatic carboxylic acids is 1. The van der Waals surface area contributed by atoms with E-state index in [1.165, 1.54) is 6.20 Å². The summed E-state index contributed by atoms with van der Waals surface area (Å²) in [5.41, 5.74) is 0.560. The number of carbonyl (C=O) groups excluding carboxylic acids is 1. The van der Waals surface area contributed by atoms with Crippen LogP contribution in [-0.4, -0.2) is 32.1 Å². The molecule has 0 aliphatic heterocycles. The van der Waals surface area contributed by atoms with Crippen molar-refractivity contribution in [1.29, 1.82) is 0 Å². The van der Waals surface area contributed by atoms with Crippen LogP contribution in [0.25, 0.3) is 0 Å². The van der Waals surface area contributed by atoms with Gasteiger partial charge in [-0.1, -0.05) is 11.6 Å². The van der Waals surface area contributed by atoms with E-state index in [0.717, 1.165) is 4.80 Å². The van der Waals surface area contributed by atoms with E-state index in [4.69, 9.17) is 16.7 Å². The summed E-state index contributed by atoms with van der Waals surface area (Å²) in [6.45, 7) is -0.375. The Morgan fingerprint density at radius 3 is 2.60 bits per heavy atom. The second-order valence-corrected chi connectivity index (χ2v) is 4.18. The fourth-order valence-electron chi connectivity index (χ4n) is 1.36. The highest BCUT2D eigenvalue weighted by Crippen LogP contribution is 2.13. The molecule has 2 amide bonds. The fraction of sp³-hybridized carbons (Fsp3) is 0.0909. The molecular weight excluding hydrogens is 286 g/mol. The van der Waals surface area contributed by atoms with Crippen LogP contribution < -0.4 is 10.6 Å². The van der Waals surface area contributed by atoms with Crippen LogP contribution in [0.3, 0.4) is 0 Å². The normalized spacial score (nSPS) is 10.1. The Kier molecular flexibility index (Phi) is 4.16. The predicted octanol–water partition coefficient (Wildman–Crippen LogP) is 1.66. The number of anilines is 2. The first-order valence-electron chi connectivity index (χ1n) is 5.48. The lowest BCUT2D eigenvalue weighted by Crippen LogP contribution is -2.20. The molecule has 2 rings (SSSR count). The van der Waals surface area contributed by atoms with Gasteiger partial charge in [0.2, 0.25) is 0 Å². The molecule has 0 aliphatic rings. The van der Waals surface area contributed by atoms with Crippen molar-refractivity contribution in [2.24, 2.45) is 0 Å². The Balaban J connectivity index is 1.92. The van der Waals surface area contributed by atoms with Crippen molar-refractivity contribution >= 4 is 35.1 Å². The van der Waals surface area contributed by atoms with Gasteiger partial charge in [-0.25, -0.2) is 4.79 Å². The van der Waals surface area contributed by atoms with Crippen molar-refractivity contribution in [2.75, 3.05) is 10.6 Å². The first kappa shape index (κ1) is 13.8. The van der Waals surface area contributed by atoms with E-state index >= 15 is 0 Å². The number of carboxylic acid groups (broad SMARTS) is 1. The standard InChI is InChI=1S/C11H10ClN5O3/c12-7-1-3-8(4-2-7)14-11(20)15-9-5-13-17(16-9)6-10(18)19/h1-5H,6H2,(H,18,19)(H2,14,15,16,20). The Morgan fingerprint density at radius 1 is 1.25 bits per heavy atom. The SMILES string of the molecule is O=C(O)Cn1ncc(NC(=O)Nc2ccc(Cl)cc2)n1. The van der Waals surface area contributed by atoms with Gasteiger partial charge in [-0.05, 0) is 24.3 Å². The van der Waals surface area contributed by atoms with E-state index in [9.17, 15) is 9.59 Å². The third-order valence-electron chi connectivity index (χ3n) is 2.16. The first-order valence-corrected chi connectivity index (χ1v) is 5.86. The molecule has 20 heavy (non-hydrogen) atoms. The van der Waals surface area contributed by atoms with Crippen LogP contribution in [0.5, 0.6) is 0 Å². The van der Waals surface area contributed by atoms with E-state index in [2.05, 4.69) is 20.8 Å². The van der Waals surface area contributed by atoms with Gasteiger partial charge >= 0.3 is 12.0 Å². The first-order chi connectivity index (χ1) is 9.52. The number of amides is 2. The minimum atomic E-state index is -1.07. The van der Waals surface area contributed by atoms with Gasteiger partial charge in [-0.2, -0.15) is 9.90 Å². The summed E-state index contributed by atoms with van der Waals surface area (Å²) in [5, 5.41) is 21.6. The molecule has 1 aromatic heterocycles. The molecule has 0 bridgehead atoms. The van der Waals surface area contributed by atoms with Gasteiger partial charge in [0.15, 0.2) is 12.4 Å². The maximum absolute atomic E-state index is 11.6. The highest BCUT2D eigenvalue weighted by atomic mass is 35.5. The number of aromatic nitrogens is 3. The van der Waals surface area contributed by atoms with Gasteiger partial charge in [-0.15, -0.1) is 5.10 Å². The average Bonchev–Trinajstić information content (AvgIpc) is 2.78. The number of nitrogens with one attached hydrogen (secondary N) is 2. The van der Waals surface area contributed by atoms with Crippen molar-refractivity contribution in [3.8, 4) is 0 Å². The van der Waals surface area contributed by atoms with Gasteiger partial charge in [0.1, 0.15) is 0 Å². The number of rotatable bonds is 4. The number of halogens is 1. The average molecular weight is 296 g/mol. The summed E-state index contributed by atoms with van der Waals surface area (Å²) in [7, 11) is 0. The molecule has 0 unspecified atom stereocenters. The second-order valence-electron chi connectivity index (χ2n) is 3.74. The molecule has 0 fully saturated rings. The van der Waals surface area contributed by atoms with E-state index in [1.807, 2.05) is 0 Å². The molecule has 0 atom stereocenters. The Bertz CT molecular complexity index is 625. The zero-order chi connectivity index (χ0) is 14.5. The number of hydrogen-bond acceptors (Lipinski definition) is 4. The topological polar surface area (TPSA) is 109 Å². The number of carbonyl (C=O) groups is 2. The molecule has 3 N–H and O–H groups in total. The molecule has 104 valence electrons. The monoisotopic (exact) mass is 295 g/mol. The summed E-state index contributed by atoms with van der Waals surface area (Å²) in [4.78, 5) is 23.1. The number of urea groups is 1. The molecule has 0 aliphatic carbocycles. The summed E-state index contributed by atoms with van der Waals surface area (Å²) < 4.78 is 0. The predicted molar refractivity (Wildman–Crippen MR) is 71.8 cm³/mol. The van der Waals surface area contributed by atoms with Crippen LogP contribution in [0, 0.1) is 0 Å². The van der Waals surface area contributed by atoms with E-state index in [0.29, 0.717) is 10.7 Å². The minimum Gasteiger partial charge on any atom is -0.480 e. The molecule has 0 radical (unpaired) electrons. The molecule has 1 heterocycles. The molecule has 1 aromatic carbocycles. The van der Waals surface area contributed by atoms with Crippen molar-refractivity contribution < 1.29 is 14.7 Å². The number of benzene rings is 1. The van der Waals surface area contributed by atoms with Gasteiger partial charge in [0.25, 0.3) is 0 Å². The Morgan fingerprint density at radius 2 is 1.95 bits per heavy atom. The molecule has 0 spiro atoms. The van der Waals surface area contributed by atoms with Gasteiger partial charge < -0.3 is 10.4 Å². The molecule has 9 heteroatoms. The van der Waals surface area contributed by atoms with Crippen LogP contribution in [0.2, 0.25) is 5.02 Å². The highest BCUT2D eigenvalue weighted by molar-refractivity contribution is 6.30. The Labute approximate surface area is 118 Å². The lowest BCUT2D eigenvalue weighted by Gasteiger charge is -2.04. The van der Waals surface area contributed by atoms with Gasteiger partial charge in [0.05, 0.1) is 6.20 Å². The van der Waals surface area contributed by atoms with Crippen molar-refractivity contribution in [1.82, 2.24) is 15.0 Å². The lowest BCUT2D eigenvalue weighted by molar-refractivity contribution is -0.138. The van der Waals surface area contributed by atoms with E-state index in [-0.39, 0.29) is 12.4 Å². The third-order valence-corrected chi connectivity index (χ3v) is 2.41. The Hall–Kier alpha value is -2.61. The summed E-state index contributed by atoms with van der Waals surface area (Å²) in [5.74, 6) is -0.921. The van der Waals surface area contributed by atoms with Crippen LogP contribution in [0.1, 0.15) is 0 Å². The van der Waals surface area contributed by atoms with Crippen LogP contribution in [0.15, 0.2) is 30.5 Å². The van der Waals surface area contributed by atoms with Crippen LogP contribution in [-0.2, 0) is 11.3 Å². The van der Waals surface area contributed by atoms with E-state index < -0.39 is 12.0 Å². The van der Waals surface area contributed by atoms with E-state index in [1.54, 1.807) is 24.3 Å². The molecule has 0 saturated carbocycles. The molecular formula is C11H10ClN5O3. The molecule has 0 saturated heterocycles. The summed E-state index contributed by atoms with van der Waals surface area (Å²) >= 11 is 5.72. The van der Waals surface area contributed by atoms with Crippen molar-refractivity contribution in [3.05, 3.63) is 35.5 Å². The number of carboxylic acids is 1. The van der Waals surface area contributed by atoms with Gasteiger partial charge in [0, 0.05) is 10.7 Å². The molecule has 8 nitrogen and oxygen atoms in total. The minimum absolute atomic E-state index is 0.151. The lowest BCUT2D eigenvalue weighted by atomic mass is 10.3. The zero-order valence-corrected chi connectivity index (χ0v) is 10.8. The quantitative estimate of drug-likeness (QED) is 0.794. The zero-order valence-electron chi connectivity index (χ0n) is 10.1. The van der Waals surface area contributed by atoms with Crippen molar-refractivity contribution in [3.63, 3.8) is 0 Å². The summed E-state index contributed by atoms with van der Waals surface area (Å²) in [6, 6.07) is 6.04. The smallest absolute Gasteiger partial charge is 0.327 e. The van der Waals surface area contributed by atoms with Crippen LogP contribution >= 0.6 is 11.6 Å². The number of hydrogen-bond donors (Lipinski definition) is 3. The number of nitrogens with zero attached hydrogens (tertiary/aromatic N) is 3. The van der Waals surface area contributed by atoms with Crippen molar-refractivity contribution in [2.45, 2.75) is 6.54 Å². The fourth-order valence-corrected chi connectivity index (χ4v) is 1.49. The highest BCUT2D eigenvalue weighted by Gasteiger charge is 2.07. The summed E-state index contributed by atoms with van der Waals surface area (Å²) in [6.07, 6.45) is 1.25. The maximum Gasteiger partial charge on any atom is 0.327 e.